The van der Waals surface area contributed by atoms with E-state index in [2.05, 4.69) is 21.2 Å². The van der Waals surface area contributed by atoms with Crippen molar-refractivity contribution in [3.63, 3.8) is 0 Å². The van der Waals surface area contributed by atoms with E-state index in [-0.39, 0.29) is 5.91 Å². The van der Waals surface area contributed by atoms with Crippen LogP contribution in [0.15, 0.2) is 45.5 Å². The molecule has 0 aliphatic heterocycles. The summed E-state index contributed by atoms with van der Waals surface area (Å²) in [5.41, 5.74) is 6.85. The van der Waals surface area contributed by atoms with E-state index in [9.17, 15) is 4.79 Å². The Morgan fingerprint density at radius 2 is 2.22 bits per heavy atom. The van der Waals surface area contributed by atoms with Gasteiger partial charge in [0.15, 0.2) is 0 Å². The maximum absolute atomic E-state index is 11.8. The van der Waals surface area contributed by atoms with Crippen LogP contribution in [0.4, 0.5) is 5.69 Å². The van der Waals surface area contributed by atoms with Crippen molar-refractivity contribution in [2.75, 3.05) is 12.3 Å². The van der Waals surface area contributed by atoms with E-state index >= 15 is 0 Å². The van der Waals surface area contributed by atoms with Gasteiger partial charge >= 0.3 is 0 Å². The van der Waals surface area contributed by atoms with Crippen LogP contribution in [0.3, 0.4) is 0 Å². The summed E-state index contributed by atoms with van der Waals surface area (Å²) in [5.74, 6) is 0.732. The number of hydrogen-bond donors (Lipinski definition) is 2. The van der Waals surface area contributed by atoms with Gasteiger partial charge in [-0.1, -0.05) is 0 Å². The van der Waals surface area contributed by atoms with Gasteiger partial charge in [-0.2, -0.15) is 0 Å². The fourth-order valence-electron chi connectivity index (χ4n) is 1.52. The Balaban J connectivity index is 1.89. The first-order valence-electron chi connectivity index (χ1n) is 5.52. The number of anilines is 1. The van der Waals surface area contributed by atoms with Crippen LogP contribution < -0.4 is 11.1 Å². The van der Waals surface area contributed by atoms with E-state index in [1.807, 2.05) is 12.1 Å². The van der Waals surface area contributed by atoms with E-state index in [0.717, 1.165) is 10.2 Å². The monoisotopic (exact) mass is 308 g/mol. The fourth-order valence-corrected chi connectivity index (χ4v) is 1.90. The molecule has 2 rings (SSSR count). The van der Waals surface area contributed by atoms with Gasteiger partial charge in [-0.05, 0) is 46.3 Å². The summed E-state index contributed by atoms with van der Waals surface area (Å²) in [6, 6.07) is 8.81. The summed E-state index contributed by atoms with van der Waals surface area (Å²) in [4.78, 5) is 11.8. The van der Waals surface area contributed by atoms with Gasteiger partial charge < -0.3 is 15.5 Å². The second-order valence-corrected chi connectivity index (χ2v) is 4.68. The summed E-state index contributed by atoms with van der Waals surface area (Å²) in [5, 5.41) is 2.82. The van der Waals surface area contributed by atoms with E-state index in [4.69, 9.17) is 10.2 Å². The van der Waals surface area contributed by atoms with Crippen LogP contribution in [0.1, 0.15) is 16.1 Å². The van der Waals surface area contributed by atoms with Crippen molar-refractivity contribution in [1.29, 1.82) is 0 Å². The van der Waals surface area contributed by atoms with Gasteiger partial charge in [0.05, 0.1) is 6.26 Å². The molecule has 0 atom stereocenters. The number of amides is 1. The highest BCUT2D eigenvalue weighted by Gasteiger charge is 2.07. The number of carbonyl (C=O) groups is 1. The molecule has 0 radical (unpaired) electrons. The molecule has 0 aliphatic rings. The zero-order valence-corrected chi connectivity index (χ0v) is 11.2. The van der Waals surface area contributed by atoms with Gasteiger partial charge in [0.2, 0.25) is 0 Å². The third-order valence-corrected chi connectivity index (χ3v) is 3.19. The second kappa shape index (κ2) is 5.73. The number of furan rings is 1. The van der Waals surface area contributed by atoms with Crippen LogP contribution in [0, 0.1) is 0 Å². The highest BCUT2D eigenvalue weighted by Crippen LogP contribution is 2.20. The molecule has 2 aromatic rings. The number of hydrogen-bond acceptors (Lipinski definition) is 3. The van der Waals surface area contributed by atoms with Crippen molar-refractivity contribution < 1.29 is 9.21 Å². The lowest BCUT2D eigenvalue weighted by molar-refractivity contribution is 0.0953. The van der Waals surface area contributed by atoms with Crippen LogP contribution in [0.25, 0.3) is 0 Å². The molecule has 4 nitrogen and oxygen atoms in total. The number of nitrogens with two attached hydrogens (primary N) is 1. The maximum atomic E-state index is 11.8. The van der Waals surface area contributed by atoms with E-state index in [1.54, 1.807) is 24.5 Å². The molecule has 18 heavy (non-hydrogen) atoms. The van der Waals surface area contributed by atoms with Crippen molar-refractivity contribution in [3.05, 3.63) is 52.4 Å². The molecule has 0 saturated carbocycles. The summed E-state index contributed by atoms with van der Waals surface area (Å²) >= 11 is 3.29. The van der Waals surface area contributed by atoms with Crippen molar-refractivity contribution in [1.82, 2.24) is 5.32 Å². The molecule has 0 spiro atoms. The number of rotatable bonds is 4. The van der Waals surface area contributed by atoms with E-state index in [0.29, 0.717) is 24.2 Å². The largest absolute Gasteiger partial charge is 0.469 e. The minimum absolute atomic E-state index is 0.123. The average molecular weight is 309 g/mol. The number of benzene rings is 1. The molecule has 0 bridgehead atoms. The number of halogens is 1. The normalized spacial score (nSPS) is 10.3. The van der Waals surface area contributed by atoms with Crippen molar-refractivity contribution in [2.45, 2.75) is 6.42 Å². The molecule has 0 saturated heterocycles. The number of nitrogen functional groups attached to an aromatic ring is 1. The quantitative estimate of drug-likeness (QED) is 0.853. The highest BCUT2D eigenvalue weighted by molar-refractivity contribution is 9.10. The lowest BCUT2D eigenvalue weighted by Crippen LogP contribution is -2.25. The molecule has 1 amide bonds. The van der Waals surface area contributed by atoms with Crippen LogP contribution in [0.2, 0.25) is 0 Å². The summed E-state index contributed by atoms with van der Waals surface area (Å²) < 4.78 is 5.90. The van der Waals surface area contributed by atoms with Gasteiger partial charge in [0, 0.05) is 28.7 Å². The molecule has 0 unspecified atom stereocenters. The molecule has 1 heterocycles. The number of carbonyl (C=O) groups excluding carboxylic acids is 1. The predicted molar refractivity (Wildman–Crippen MR) is 73.3 cm³/mol. The van der Waals surface area contributed by atoms with Gasteiger partial charge in [-0.25, -0.2) is 0 Å². The van der Waals surface area contributed by atoms with Crippen LogP contribution in [0.5, 0.6) is 0 Å². The summed E-state index contributed by atoms with van der Waals surface area (Å²) in [7, 11) is 0. The lowest BCUT2D eigenvalue weighted by Gasteiger charge is -2.05. The standard InChI is InChI=1S/C13H13BrN2O2/c14-11-8-9(3-4-12(11)15)13(17)16-6-5-10-2-1-7-18-10/h1-4,7-8H,5-6,15H2,(H,16,17). The Morgan fingerprint density at radius 1 is 1.39 bits per heavy atom. The predicted octanol–water partition coefficient (Wildman–Crippen LogP) is 2.60. The van der Waals surface area contributed by atoms with Crippen LogP contribution in [-0.4, -0.2) is 12.5 Å². The first kappa shape index (κ1) is 12.7. The Bertz CT molecular complexity index is 538. The molecular formula is C13H13BrN2O2. The topological polar surface area (TPSA) is 68.3 Å². The maximum Gasteiger partial charge on any atom is 0.251 e. The van der Waals surface area contributed by atoms with E-state index < -0.39 is 0 Å². The lowest BCUT2D eigenvalue weighted by atomic mass is 10.2. The zero-order chi connectivity index (χ0) is 13.0. The number of nitrogens with one attached hydrogen (secondary N) is 1. The second-order valence-electron chi connectivity index (χ2n) is 3.82. The SMILES string of the molecule is Nc1ccc(C(=O)NCCc2ccco2)cc1Br. The molecule has 1 aromatic carbocycles. The fraction of sp³-hybridized carbons (Fsp3) is 0.154. The Kier molecular flexibility index (Phi) is 4.04. The average Bonchev–Trinajstić information content (AvgIpc) is 2.85. The minimum atomic E-state index is -0.123. The van der Waals surface area contributed by atoms with Gasteiger partial charge in [-0.15, -0.1) is 0 Å². The van der Waals surface area contributed by atoms with E-state index in [1.165, 1.54) is 0 Å². The molecule has 3 N–H and O–H groups in total. The summed E-state index contributed by atoms with van der Waals surface area (Å²) in [6.07, 6.45) is 2.29. The molecule has 1 aromatic heterocycles. The third-order valence-electron chi connectivity index (χ3n) is 2.50. The van der Waals surface area contributed by atoms with Crippen LogP contribution >= 0.6 is 15.9 Å². The third kappa shape index (κ3) is 3.13. The Labute approximate surface area is 113 Å². The van der Waals surface area contributed by atoms with Crippen molar-refractivity contribution in [2.24, 2.45) is 0 Å². The smallest absolute Gasteiger partial charge is 0.251 e. The molecule has 5 heteroatoms. The molecule has 94 valence electrons. The van der Waals surface area contributed by atoms with Gasteiger partial charge in [0.1, 0.15) is 5.76 Å². The summed E-state index contributed by atoms with van der Waals surface area (Å²) in [6.45, 7) is 0.536. The zero-order valence-electron chi connectivity index (χ0n) is 9.65. The van der Waals surface area contributed by atoms with Crippen LogP contribution in [-0.2, 0) is 6.42 Å². The molecular weight excluding hydrogens is 296 g/mol. The minimum Gasteiger partial charge on any atom is -0.469 e. The molecule has 0 fully saturated rings. The van der Waals surface area contributed by atoms with Gasteiger partial charge in [-0.3, -0.25) is 4.79 Å². The highest BCUT2D eigenvalue weighted by atomic mass is 79.9. The first-order valence-corrected chi connectivity index (χ1v) is 6.32. The Morgan fingerprint density at radius 3 is 2.89 bits per heavy atom. The van der Waals surface area contributed by atoms with Gasteiger partial charge in [0.25, 0.3) is 5.91 Å². The first-order chi connectivity index (χ1) is 8.66. The molecule has 0 aliphatic carbocycles. The van der Waals surface area contributed by atoms with Crippen molar-refractivity contribution in [3.8, 4) is 0 Å². The Hall–Kier alpha value is -1.75. The van der Waals surface area contributed by atoms with Crippen molar-refractivity contribution >= 4 is 27.5 Å².